The minimum Gasteiger partial charge on any atom is -0.487 e. The molecule has 0 unspecified atom stereocenters. The van der Waals surface area contributed by atoms with Gasteiger partial charge in [-0.15, -0.1) is 0 Å². The van der Waals surface area contributed by atoms with Crippen LogP contribution in [0.2, 0.25) is 10.0 Å². The van der Waals surface area contributed by atoms with Crippen molar-refractivity contribution in [3.05, 3.63) is 63.6 Å². The molecule has 0 bridgehead atoms. The lowest BCUT2D eigenvalue weighted by molar-refractivity contribution is 0.306. The number of hydrogen-bond donors (Lipinski definition) is 1. The summed E-state index contributed by atoms with van der Waals surface area (Å²) in [5, 5.41) is 1.17. The Morgan fingerprint density at radius 3 is 2.32 bits per heavy atom. The van der Waals surface area contributed by atoms with Crippen molar-refractivity contribution in [1.29, 1.82) is 0 Å². The van der Waals surface area contributed by atoms with E-state index in [9.17, 15) is 0 Å². The molecule has 0 fully saturated rings. The first-order valence-corrected chi connectivity index (χ1v) is 6.80. The van der Waals surface area contributed by atoms with E-state index in [1.807, 2.05) is 12.1 Å². The Morgan fingerprint density at radius 2 is 1.63 bits per heavy atom. The summed E-state index contributed by atoms with van der Waals surface area (Å²) in [6, 6.07) is 13.4. The van der Waals surface area contributed by atoms with Crippen LogP contribution in [0.15, 0.2) is 42.5 Å². The van der Waals surface area contributed by atoms with Crippen LogP contribution in [0, 0.1) is 0 Å². The zero-order valence-electron chi connectivity index (χ0n) is 10.4. The Morgan fingerprint density at radius 1 is 0.947 bits per heavy atom. The molecular formula is C15H15Cl2NO. The standard InChI is InChI=1S/C15H15Cl2NO/c16-13-5-6-14(17)15(9-13)19-10-12-3-1-11(2-4-12)7-8-18/h1-6,9H,7-8,10,18H2. The SMILES string of the molecule is NCCc1ccc(COc2cc(Cl)ccc2Cl)cc1. The summed E-state index contributed by atoms with van der Waals surface area (Å²) < 4.78 is 5.66. The number of rotatable bonds is 5. The molecule has 0 amide bonds. The zero-order chi connectivity index (χ0) is 13.7. The molecule has 0 aliphatic rings. The predicted molar refractivity (Wildman–Crippen MR) is 80.0 cm³/mol. The molecule has 0 saturated carbocycles. The molecule has 2 aromatic carbocycles. The molecule has 0 radical (unpaired) electrons. The molecule has 0 atom stereocenters. The molecule has 2 nitrogen and oxygen atoms in total. The number of hydrogen-bond acceptors (Lipinski definition) is 2. The second-order valence-corrected chi connectivity index (χ2v) is 5.06. The van der Waals surface area contributed by atoms with Crippen LogP contribution >= 0.6 is 23.2 Å². The van der Waals surface area contributed by atoms with Crippen LogP contribution in [0.3, 0.4) is 0 Å². The van der Waals surface area contributed by atoms with Gasteiger partial charge in [-0.05, 0) is 36.2 Å². The third-order valence-electron chi connectivity index (χ3n) is 2.74. The largest absolute Gasteiger partial charge is 0.487 e. The summed E-state index contributed by atoms with van der Waals surface area (Å²) in [4.78, 5) is 0. The van der Waals surface area contributed by atoms with E-state index < -0.39 is 0 Å². The summed E-state index contributed by atoms with van der Waals surface area (Å²) in [6.45, 7) is 1.12. The van der Waals surface area contributed by atoms with E-state index in [0.717, 1.165) is 12.0 Å². The van der Waals surface area contributed by atoms with E-state index in [-0.39, 0.29) is 0 Å². The van der Waals surface area contributed by atoms with Crippen molar-refractivity contribution in [2.45, 2.75) is 13.0 Å². The van der Waals surface area contributed by atoms with E-state index in [1.165, 1.54) is 5.56 Å². The molecule has 2 rings (SSSR count). The maximum absolute atomic E-state index is 6.03. The van der Waals surface area contributed by atoms with Crippen molar-refractivity contribution in [2.24, 2.45) is 5.73 Å². The molecule has 2 aromatic rings. The lowest BCUT2D eigenvalue weighted by Gasteiger charge is -2.09. The lowest BCUT2D eigenvalue weighted by Crippen LogP contribution is -2.03. The van der Waals surface area contributed by atoms with Crippen molar-refractivity contribution in [3.8, 4) is 5.75 Å². The minimum atomic E-state index is 0.461. The fourth-order valence-corrected chi connectivity index (χ4v) is 2.05. The van der Waals surface area contributed by atoms with Crippen LogP contribution in [0.4, 0.5) is 0 Å². The summed E-state index contributed by atoms with van der Waals surface area (Å²) in [5.41, 5.74) is 7.82. The lowest BCUT2D eigenvalue weighted by atomic mass is 10.1. The summed E-state index contributed by atoms with van der Waals surface area (Å²) in [5.74, 6) is 0.597. The van der Waals surface area contributed by atoms with Crippen LogP contribution in [-0.4, -0.2) is 6.54 Å². The molecule has 0 aliphatic carbocycles. The molecular weight excluding hydrogens is 281 g/mol. The van der Waals surface area contributed by atoms with E-state index in [0.29, 0.717) is 28.9 Å². The average Bonchev–Trinajstić information content (AvgIpc) is 2.42. The van der Waals surface area contributed by atoms with Gasteiger partial charge in [-0.1, -0.05) is 47.5 Å². The van der Waals surface area contributed by atoms with E-state index in [2.05, 4.69) is 12.1 Å². The van der Waals surface area contributed by atoms with Crippen LogP contribution in [0.5, 0.6) is 5.75 Å². The Hall–Kier alpha value is -1.22. The van der Waals surface area contributed by atoms with Crippen molar-refractivity contribution in [1.82, 2.24) is 0 Å². The summed E-state index contributed by atoms with van der Waals surface area (Å²) in [7, 11) is 0. The van der Waals surface area contributed by atoms with Gasteiger partial charge < -0.3 is 10.5 Å². The Kier molecular flexibility index (Phi) is 5.08. The molecule has 4 heteroatoms. The fourth-order valence-electron chi connectivity index (χ4n) is 1.72. The summed E-state index contributed by atoms with van der Waals surface area (Å²) in [6.07, 6.45) is 0.890. The molecule has 2 N–H and O–H groups in total. The van der Waals surface area contributed by atoms with Gasteiger partial charge in [0.25, 0.3) is 0 Å². The Labute approximate surface area is 123 Å². The predicted octanol–water partition coefficient (Wildman–Crippen LogP) is 4.07. The first kappa shape index (κ1) is 14.2. The Bertz CT molecular complexity index is 540. The van der Waals surface area contributed by atoms with E-state index >= 15 is 0 Å². The highest BCUT2D eigenvalue weighted by Gasteiger charge is 2.03. The number of benzene rings is 2. The molecule has 19 heavy (non-hydrogen) atoms. The molecule has 0 aliphatic heterocycles. The second-order valence-electron chi connectivity index (χ2n) is 4.22. The van der Waals surface area contributed by atoms with Gasteiger partial charge in [0.1, 0.15) is 12.4 Å². The third-order valence-corrected chi connectivity index (χ3v) is 3.29. The zero-order valence-corrected chi connectivity index (χ0v) is 11.9. The van der Waals surface area contributed by atoms with Gasteiger partial charge in [-0.25, -0.2) is 0 Å². The maximum atomic E-state index is 6.03. The van der Waals surface area contributed by atoms with Crippen molar-refractivity contribution < 1.29 is 4.74 Å². The van der Waals surface area contributed by atoms with Crippen LogP contribution in [0.25, 0.3) is 0 Å². The topological polar surface area (TPSA) is 35.2 Å². The first-order chi connectivity index (χ1) is 9.19. The number of nitrogens with two attached hydrogens (primary N) is 1. The molecule has 100 valence electrons. The highest BCUT2D eigenvalue weighted by atomic mass is 35.5. The molecule has 0 spiro atoms. The van der Waals surface area contributed by atoms with Gasteiger partial charge in [-0.2, -0.15) is 0 Å². The highest BCUT2D eigenvalue weighted by molar-refractivity contribution is 6.34. The molecule has 0 saturated heterocycles. The maximum Gasteiger partial charge on any atom is 0.139 e. The molecule has 0 heterocycles. The second kappa shape index (κ2) is 6.80. The van der Waals surface area contributed by atoms with E-state index in [1.54, 1.807) is 18.2 Å². The van der Waals surface area contributed by atoms with Crippen molar-refractivity contribution in [3.63, 3.8) is 0 Å². The third kappa shape index (κ3) is 4.13. The number of ether oxygens (including phenoxy) is 1. The Balaban J connectivity index is 2.00. The van der Waals surface area contributed by atoms with Gasteiger partial charge in [0.2, 0.25) is 0 Å². The smallest absolute Gasteiger partial charge is 0.139 e. The minimum absolute atomic E-state index is 0.461. The van der Waals surface area contributed by atoms with Gasteiger partial charge in [0.05, 0.1) is 5.02 Å². The monoisotopic (exact) mass is 295 g/mol. The van der Waals surface area contributed by atoms with E-state index in [4.69, 9.17) is 33.7 Å². The van der Waals surface area contributed by atoms with Gasteiger partial charge in [-0.3, -0.25) is 0 Å². The van der Waals surface area contributed by atoms with Crippen molar-refractivity contribution >= 4 is 23.2 Å². The van der Waals surface area contributed by atoms with Crippen LogP contribution in [-0.2, 0) is 13.0 Å². The van der Waals surface area contributed by atoms with Gasteiger partial charge >= 0.3 is 0 Å². The fraction of sp³-hybridized carbons (Fsp3) is 0.200. The normalized spacial score (nSPS) is 10.5. The summed E-state index contributed by atoms with van der Waals surface area (Å²) >= 11 is 11.9. The highest BCUT2D eigenvalue weighted by Crippen LogP contribution is 2.28. The van der Waals surface area contributed by atoms with Crippen LogP contribution < -0.4 is 10.5 Å². The van der Waals surface area contributed by atoms with Crippen molar-refractivity contribution in [2.75, 3.05) is 6.54 Å². The average molecular weight is 296 g/mol. The van der Waals surface area contributed by atoms with Gasteiger partial charge in [0.15, 0.2) is 0 Å². The number of halogens is 2. The van der Waals surface area contributed by atoms with Gasteiger partial charge in [0, 0.05) is 11.1 Å². The van der Waals surface area contributed by atoms with Crippen LogP contribution in [0.1, 0.15) is 11.1 Å². The molecule has 0 aromatic heterocycles. The first-order valence-electron chi connectivity index (χ1n) is 6.05. The quantitative estimate of drug-likeness (QED) is 0.902.